The van der Waals surface area contributed by atoms with Crippen LogP contribution in [0, 0.1) is 12.8 Å². The first-order chi connectivity index (χ1) is 10.8. The summed E-state index contributed by atoms with van der Waals surface area (Å²) in [5.74, 6) is 2.05. The van der Waals surface area contributed by atoms with Crippen LogP contribution in [0.1, 0.15) is 45.9 Å². The number of aromatic nitrogens is 2. The van der Waals surface area contributed by atoms with Gasteiger partial charge in [0.05, 0.1) is 0 Å². The van der Waals surface area contributed by atoms with Crippen LogP contribution in [0.3, 0.4) is 0 Å². The smallest absolute Gasteiger partial charge is 0.224 e. The molecule has 0 aliphatic carbocycles. The van der Waals surface area contributed by atoms with Crippen molar-refractivity contribution in [3.8, 4) is 0 Å². The SMILES string of the molecule is Cc1cc(Nc2ccccc2C(C)(C)C)nc(NCC(C)C)n1. The molecule has 2 rings (SSSR count). The standard InChI is InChI=1S/C19H28N4/c1-13(2)12-20-18-21-14(3)11-17(23-18)22-16-10-8-7-9-15(16)19(4,5)6/h7-11,13H,12H2,1-6H3,(H2,20,21,22,23). The van der Waals surface area contributed by atoms with Crippen LogP contribution in [-0.4, -0.2) is 16.5 Å². The average Bonchev–Trinajstić information content (AvgIpc) is 2.44. The Kier molecular flexibility index (Phi) is 5.24. The van der Waals surface area contributed by atoms with E-state index in [1.165, 1.54) is 5.56 Å². The highest BCUT2D eigenvalue weighted by atomic mass is 15.1. The minimum Gasteiger partial charge on any atom is -0.354 e. The van der Waals surface area contributed by atoms with Gasteiger partial charge in [-0.1, -0.05) is 52.8 Å². The lowest BCUT2D eigenvalue weighted by molar-refractivity contribution is 0.592. The maximum absolute atomic E-state index is 4.59. The number of hydrogen-bond acceptors (Lipinski definition) is 4. The minimum atomic E-state index is 0.0738. The zero-order valence-electron chi connectivity index (χ0n) is 15.1. The van der Waals surface area contributed by atoms with E-state index in [0.717, 1.165) is 23.7 Å². The van der Waals surface area contributed by atoms with E-state index >= 15 is 0 Å². The van der Waals surface area contributed by atoms with Gasteiger partial charge in [0.25, 0.3) is 0 Å². The predicted octanol–water partition coefficient (Wildman–Crippen LogP) is 4.89. The quantitative estimate of drug-likeness (QED) is 0.825. The van der Waals surface area contributed by atoms with Crippen LogP contribution in [0.15, 0.2) is 30.3 Å². The lowest BCUT2D eigenvalue weighted by atomic mass is 9.86. The third kappa shape index (κ3) is 4.95. The van der Waals surface area contributed by atoms with E-state index in [9.17, 15) is 0 Å². The van der Waals surface area contributed by atoms with E-state index in [-0.39, 0.29) is 5.41 Å². The second-order valence-corrected chi connectivity index (χ2v) is 7.41. The lowest BCUT2D eigenvalue weighted by Crippen LogP contribution is -2.14. The molecule has 4 nitrogen and oxygen atoms in total. The molecule has 0 saturated heterocycles. The summed E-state index contributed by atoms with van der Waals surface area (Å²) in [6.45, 7) is 13.8. The van der Waals surface area contributed by atoms with Crippen LogP contribution >= 0.6 is 0 Å². The van der Waals surface area contributed by atoms with Crippen molar-refractivity contribution >= 4 is 17.5 Å². The number of anilines is 3. The summed E-state index contributed by atoms with van der Waals surface area (Å²) in [6.07, 6.45) is 0. The first-order valence-corrected chi connectivity index (χ1v) is 8.22. The second kappa shape index (κ2) is 6.99. The molecule has 0 radical (unpaired) electrons. The molecule has 0 bridgehead atoms. The third-order valence-electron chi connectivity index (χ3n) is 3.52. The highest BCUT2D eigenvalue weighted by Crippen LogP contribution is 2.31. The first kappa shape index (κ1) is 17.3. The fourth-order valence-corrected chi connectivity index (χ4v) is 2.39. The van der Waals surface area contributed by atoms with Gasteiger partial charge in [-0.15, -0.1) is 0 Å². The monoisotopic (exact) mass is 312 g/mol. The molecule has 0 unspecified atom stereocenters. The largest absolute Gasteiger partial charge is 0.354 e. The van der Waals surface area contributed by atoms with Crippen LogP contribution in [0.4, 0.5) is 17.5 Å². The van der Waals surface area contributed by atoms with Gasteiger partial charge in [0.1, 0.15) is 5.82 Å². The van der Waals surface area contributed by atoms with Crippen molar-refractivity contribution < 1.29 is 0 Å². The van der Waals surface area contributed by atoms with Crippen molar-refractivity contribution in [2.24, 2.45) is 5.92 Å². The van der Waals surface area contributed by atoms with Crippen LogP contribution in [0.2, 0.25) is 0 Å². The normalized spacial score (nSPS) is 11.6. The van der Waals surface area contributed by atoms with Gasteiger partial charge in [-0.3, -0.25) is 0 Å². The molecule has 0 aliphatic heterocycles. The molecule has 0 saturated carbocycles. The summed E-state index contributed by atoms with van der Waals surface area (Å²) < 4.78 is 0. The Hall–Kier alpha value is -2.10. The fourth-order valence-electron chi connectivity index (χ4n) is 2.39. The van der Waals surface area contributed by atoms with Crippen LogP contribution < -0.4 is 10.6 Å². The summed E-state index contributed by atoms with van der Waals surface area (Å²) in [5.41, 5.74) is 3.38. The maximum Gasteiger partial charge on any atom is 0.224 e. The molecule has 1 aromatic heterocycles. The van der Waals surface area contributed by atoms with Crippen LogP contribution in [0.5, 0.6) is 0 Å². The first-order valence-electron chi connectivity index (χ1n) is 8.22. The van der Waals surface area contributed by atoms with Crippen molar-refractivity contribution in [3.05, 3.63) is 41.6 Å². The molecule has 2 N–H and O–H groups in total. The summed E-state index contributed by atoms with van der Waals surface area (Å²) in [4.78, 5) is 9.05. The second-order valence-electron chi connectivity index (χ2n) is 7.41. The van der Waals surface area contributed by atoms with E-state index in [1.807, 2.05) is 19.1 Å². The summed E-state index contributed by atoms with van der Waals surface area (Å²) >= 11 is 0. The molecule has 23 heavy (non-hydrogen) atoms. The Labute approximate surface area is 139 Å². The molecule has 124 valence electrons. The molecule has 2 aromatic rings. The number of aryl methyl sites for hydroxylation is 1. The van der Waals surface area contributed by atoms with E-state index in [2.05, 4.69) is 73.4 Å². The fraction of sp³-hybridized carbons (Fsp3) is 0.474. The maximum atomic E-state index is 4.59. The number of hydrogen-bond donors (Lipinski definition) is 2. The van der Waals surface area contributed by atoms with Crippen LogP contribution in [0.25, 0.3) is 0 Å². The van der Waals surface area contributed by atoms with Gasteiger partial charge in [-0.05, 0) is 29.9 Å². The molecule has 0 atom stereocenters. The zero-order valence-corrected chi connectivity index (χ0v) is 15.1. The Bertz CT molecular complexity index is 657. The Morgan fingerprint density at radius 1 is 1.09 bits per heavy atom. The van der Waals surface area contributed by atoms with Crippen molar-refractivity contribution in [2.75, 3.05) is 17.2 Å². The Morgan fingerprint density at radius 2 is 1.78 bits per heavy atom. The molecule has 0 amide bonds. The Morgan fingerprint density at radius 3 is 2.43 bits per heavy atom. The average molecular weight is 312 g/mol. The number of benzene rings is 1. The number of nitrogens with zero attached hydrogens (tertiary/aromatic N) is 2. The topological polar surface area (TPSA) is 49.8 Å². The number of nitrogens with one attached hydrogen (secondary N) is 2. The molecule has 1 aromatic carbocycles. The molecule has 0 fully saturated rings. The van der Waals surface area contributed by atoms with Gasteiger partial charge in [0.15, 0.2) is 0 Å². The van der Waals surface area contributed by atoms with Crippen molar-refractivity contribution in [2.45, 2.75) is 47.0 Å². The van der Waals surface area contributed by atoms with Crippen LogP contribution in [-0.2, 0) is 5.41 Å². The van der Waals surface area contributed by atoms with Gasteiger partial charge in [0, 0.05) is 24.0 Å². The molecule has 0 spiro atoms. The van der Waals surface area contributed by atoms with Gasteiger partial charge < -0.3 is 10.6 Å². The van der Waals surface area contributed by atoms with E-state index < -0.39 is 0 Å². The highest BCUT2D eigenvalue weighted by Gasteiger charge is 2.17. The third-order valence-corrected chi connectivity index (χ3v) is 3.52. The number of para-hydroxylation sites is 1. The summed E-state index contributed by atoms with van der Waals surface area (Å²) in [7, 11) is 0. The van der Waals surface area contributed by atoms with E-state index in [1.54, 1.807) is 0 Å². The summed E-state index contributed by atoms with van der Waals surface area (Å²) in [6, 6.07) is 10.4. The predicted molar refractivity (Wildman–Crippen MR) is 98.5 cm³/mol. The van der Waals surface area contributed by atoms with Gasteiger partial charge in [-0.25, -0.2) is 4.98 Å². The molecule has 1 heterocycles. The van der Waals surface area contributed by atoms with Crippen molar-refractivity contribution in [1.29, 1.82) is 0 Å². The van der Waals surface area contributed by atoms with Gasteiger partial charge in [0.2, 0.25) is 5.95 Å². The van der Waals surface area contributed by atoms with Gasteiger partial charge >= 0.3 is 0 Å². The highest BCUT2D eigenvalue weighted by molar-refractivity contribution is 5.63. The van der Waals surface area contributed by atoms with Crippen molar-refractivity contribution in [1.82, 2.24) is 9.97 Å². The number of rotatable bonds is 5. The minimum absolute atomic E-state index is 0.0738. The van der Waals surface area contributed by atoms with E-state index in [4.69, 9.17) is 0 Å². The van der Waals surface area contributed by atoms with Crippen molar-refractivity contribution in [3.63, 3.8) is 0 Å². The summed E-state index contributed by atoms with van der Waals surface area (Å²) in [5, 5.41) is 6.75. The molecular weight excluding hydrogens is 284 g/mol. The molecular formula is C19H28N4. The lowest BCUT2D eigenvalue weighted by Gasteiger charge is -2.23. The Balaban J connectivity index is 2.27. The van der Waals surface area contributed by atoms with Gasteiger partial charge in [-0.2, -0.15) is 4.98 Å². The molecule has 0 aliphatic rings. The van der Waals surface area contributed by atoms with E-state index in [0.29, 0.717) is 11.9 Å². The zero-order chi connectivity index (χ0) is 17.0. The molecule has 4 heteroatoms.